The first-order valence-electron chi connectivity index (χ1n) is 7.14. The highest BCUT2D eigenvalue weighted by Gasteiger charge is 2.22. The van der Waals surface area contributed by atoms with Crippen LogP contribution in [0.1, 0.15) is 12.8 Å². The summed E-state index contributed by atoms with van der Waals surface area (Å²) in [5, 5.41) is 2.57. The molecule has 0 saturated carbocycles. The molecular formula is C15H22FN3O2. The highest BCUT2D eigenvalue weighted by molar-refractivity contribution is 5.91. The highest BCUT2D eigenvalue weighted by atomic mass is 19.1. The molecule has 0 aromatic heterocycles. The average Bonchev–Trinajstić information content (AvgIpc) is 2.89. The molecule has 1 amide bonds. The van der Waals surface area contributed by atoms with Crippen molar-refractivity contribution in [1.29, 1.82) is 0 Å². The number of likely N-dealkylation sites (tertiary alicyclic amines) is 1. The number of nitrogen functional groups attached to an aromatic ring is 1. The lowest BCUT2D eigenvalue weighted by Gasteiger charge is -2.15. The summed E-state index contributed by atoms with van der Waals surface area (Å²) in [7, 11) is 1.70. The van der Waals surface area contributed by atoms with Crippen molar-refractivity contribution in [3.63, 3.8) is 0 Å². The quantitative estimate of drug-likeness (QED) is 0.784. The molecule has 0 aliphatic carbocycles. The van der Waals surface area contributed by atoms with E-state index in [2.05, 4.69) is 10.2 Å². The molecule has 1 saturated heterocycles. The first-order chi connectivity index (χ1) is 10.1. The highest BCUT2D eigenvalue weighted by Crippen LogP contribution is 2.19. The topological polar surface area (TPSA) is 67.6 Å². The minimum absolute atomic E-state index is 0.138. The van der Waals surface area contributed by atoms with E-state index in [1.54, 1.807) is 7.11 Å². The Bertz CT molecular complexity index is 496. The summed E-state index contributed by atoms with van der Waals surface area (Å²) in [6.07, 6.45) is 1.44. The number of anilines is 2. The maximum Gasteiger partial charge on any atom is 0.225 e. The van der Waals surface area contributed by atoms with Crippen molar-refractivity contribution in [3.8, 4) is 0 Å². The van der Waals surface area contributed by atoms with Crippen LogP contribution in [0.3, 0.4) is 0 Å². The number of ether oxygens (including phenoxy) is 1. The van der Waals surface area contributed by atoms with Gasteiger partial charge in [-0.2, -0.15) is 0 Å². The van der Waals surface area contributed by atoms with E-state index < -0.39 is 5.82 Å². The third-order valence-electron chi connectivity index (χ3n) is 3.69. The summed E-state index contributed by atoms with van der Waals surface area (Å²) in [4.78, 5) is 14.1. The summed E-state index contributed by atoms with van der Waals surface area (Å²) >= 11 is 0. The second-order valence-corrected chi connectivity index (χ2v) is 5.45. The molecule has 1 fully saturated rings. The average molecular weight is 295 g/mol. The van der Waals surface area contributed by atoms with Gasteiger partial charge in [0.1, 0.15) is 5.82 Å². The number of rotatable bonds is 6. The van der Waals surface area contributed by atoms with Gasteiger partial charge in [0, 0.05) is 32.3 Å². The molecular weight excluding hydrogens is 273 g/mol. The number of nitrogens with two attached hydrogens (primary N) is 1. The molecule has 1 heterocycles. The fraction of sp³-hybridized carbons (Fsp3) is 0.533. The SMILES string of the molecule is COCC1CCN(CCC(=O)Nc2cc(N)ccc2F)C1. The molecule has 1 aliphatic rings. The Labute approximate surface area is 124 Å². The molecule has 116 valence electrons. The lowest BCUT2D eigenvalue weighted by atomic mass is 10.1. The van der Waals surface area contributed by atoms with Crippen LogP contribution in [0.2, 0.25) is 0 Å². The van der Waals surface area contributed by atoms with Crippen LogP contribution < -0.4 is 11.1 Å². The Kier molecular flexibility index (Phi) is 5.52. The molecule has 1 atom stereocenters. The van der Waals surface area contributed by atoms with Crippen LogP contribution in [0.25, 0.3) is 0 Å². The smallest absolute Gasteiger partial charge is 0.225 e. The molecule has 21 heavy (non-hydrogen) atoms. The number of hydrogen-bond donors (Lipinski definition) is 2. The normalized spacial score (nSPS) is 18.9. The molecule has 1 aliphatic heterocycles. The monoisotopic (exact) mass is 295 g/mol. The van der Waals surface area contributed by atoms with Gasteiger partial charge in [0.05, 0.1) is 12.3 Å². The van der Waals surface area contributed by atoms with E-state index >= 15 is 0 Å². The van der Waals surface area contributed by atoms with Crippen LogP contribution in [0.5, 0.6) is 0 Å². The summed E-state index contributed by atoms with van der Waals surface area (Å²) in [5.41, 5.74) is 6.14. The zero-order valence-electron chi connectivity index (χ0n) is 12.3. The maximum atomic E-state index is 13.5. The molecule has 0 spiro atoms. The van der Waals surface area contributed by atoms with E-state index in [0.717, 1.165) is 26.1 Å². The van der Waals surface area contributed by atoms with E-state index in [4.69, 9.17) is 10.5 Å². The Morgan fingerprint density at radius 2 is 2.38 bits per heavy atom. The zero-order chi connectivity index (χ0) is 15.2. The van der Waals surface area contributed by atoms with Crippen molar-refractivity contribution in [2.75, 3.05) is 44.4 Å². The van der Waals surface area contributed by atoms with E-state index in [1.807, 2.05) is 0 Å². The minimum atomic E-state index is -0.473. The van der Waals surface area contributed by atoms with Crippen molar-refractivity contribution in [2.45, 2.75) is 12.8 Å². The molecule has 3 N–H and O–H groups in total. The first kappa shape index (κ1) is 15.7. The van der Waals surface area contributed by atoms with Gasteiger partial charge >= 0.3 is 0 Å². The number of nitrogens with zero attached hydrogens (tertiary/aromatic N) is 1. The second-order valence-electron chi connectivity index (χ2n) is 5.45. The Hall–Kier alpha value is -1.66. The van der Waals surface area contributed by atoms with Crippen LogP contribution in [0, 0.1) is 11.7 Å². The second kappa shape index (κ2) is 7.38. The Morgan fingerprint density at radius 3 is 3.14 bits per heavy atom. The fourth-order valence-corrected chi connectivity index (χ4v) is 2.60. The lowest BCUT2D eigenvalue weighted by molar-refractivity contribution is -0.116. The van der Waals surface area contributed by atoms with E-state index in [0.29, 0.717) is 24.6 Å². The van der Waals surface area contributed by atoms with Gasteiger partial charge < -0.3 is 20.7 Å². The molecule has 1 unspecified atom stereocenters. The van der Waals surface area contributed by atoms with Gasteiger partial charge in [0.2, 0.25) is 5.91 Å². The number of carbonyl (C=O) groups excluding carboxylic acids is 1. The van der Waals surface area contributed by atoms with E-state index in [1.165, 1.54) is 18.2 Å². The molecule has 1 aromatic carbocycles. The Morgan fingerprint density at radius 1 is 1.57 bits per heavy atom. The van der Waals surface area contributed by atoms with Crippen LogP contribution in [0.4, 0.5) is 15.8 Å². The van der Waals surface area contributed by atoms with Gasteiger partial charge in [-0.15, -0.1) is 0 Å². The molecule has 6 heteroatoms. The van der Waals surface area contributed by atoms with Gasteiger partial charge in [-0.05, 0) is 37.1 Å². The van der Waals surface area contributed by atoms with Crippen LogP contribution >= 0.6 is 0 Å². The van der Waals surface area contributed by atoms with Gasteiger partial charge in [-0.1, -0.05) is 0 Å². The summed E-state index contributed by atoms with van der Waals surface area (Å²) in [5.74, 6) is -0.127. The van der Waals surface area contributed by atoms with E-state index in [-0.39, 0.29) is 11.6 Å². The summed E-state index contributed by atoms with van der Waals surface area (Å²) in [6, 6.07) is 4.14. The first-order valence-corrected chi connectivity index (χ1v) is 7.14. The number of nitrogens with one attached hydrogen (secondary N) is 1. The minimum Gasteiger partial charge on any atom is -0.399 e. The number of carbonyl (C=O) groups is 1. The van der Waals surface area contributed by atoms with Crippen LogP contribution in [-0.2, 0) is 9.53 Å². The molecule has 5 nitrogen and oxygen atoms in total. The Balaban J connectivity index is 1.76. The predicted molar refractivity (Wildman–Crippen MR) is 80.5 cm³/mol. The van der Waals surface area contributed by atoms with Crippen molar-refractivity contribution in [1.82, 2.24) is 4.90 Å². The van der Waals surface area contributed by atoms with Gasteiger partial charge in [-0.25, -0.2) is 4.39 Å². The number of amides is 1. The third kappa shape index (κ3) is 4.68. The third-order valence-corrected chi connectivity index (χ3v) is 3.69. The number of hydrogen-bond acceptors (Lipinski definition) is 4. The largest absolute Gasteiger partial charge is 0.399 e. The van der Waals surface area contributed by atoms with Crippen molar-refractivity contribution in [2.24, 2.45) is 5.92 Å². The van der Waals surface area contributed by atoms with Crippen molar-refractivity contribution < 1.29 is 13.9 Å². The van der Waals surface area contributed by atoms with Crippen LogP contribution in [0.15, 0.2) is 18.2 Å². The number of halogens is 1. The van der Waals surface area contributed by atoms with Crippen molar-refractivity contribution >= 4 is 17.3 Å². The molecule has 0 bridgehead atoms. The molecule has 0 radical (unpaired) electrons. The number of methoxy groups -OCH3 is 1. The van der Waals surface area contributed by atoms with E-state index in [9.17, 15) is 9.18 Å². The predicted octanol–water partition coefficient (Wildman–Crippen LogP) is 1.70. The van der Waals surface area contributed by atoms with Crippen molar-refractivity contribution in [3.05, 3.63) is 24.0 Å². The van der Waals surface area contributed by atoms with Gasteiger partial charge in [0.15, 0.2) is 0 Å². The standard InChI is InChI=1S/C15H22FN3O2/c1-21-10-11-4-6-19(9-11)7-5-15(20)18-14-8-12(17)2-3-13(14)16/h2-3,8,11H,4-7,9-10,17H2,1H3,(H,18,20). The maximum absolute atomic E-state index is 13.5. The zero-order valence-corrected chi connectivity index (χ0v) is 12.3. The summed E-state index contributed by atoms with van der Waals surface area (Å²) < 4.78 is 18.7. The van der Waals surface area contributed by atoms with Gasteiger partial charge in [0.25, 0.3) is 0 Å². The molecule has 2 rings (SSSR count). The molecule has 1 aromatic rings. The fourth-order valence-electron chi connectivity index (χ4n) is 2.60. The van der Waals surface area contributed by atoms with Crippen LogP contribution in [-0.4, -0.2) is 44.2 Å². The lowest BCUT2D eigenvalue weighted by Crippen LogP contribution is -2.26. The summed E-state index contributed by atoms with van der Waals surface area (Å²) in [6.45, 7) is 3.37. The number of benzene rings is 1. The van der Waals surface area contributed by atoms with Gasteiger partial charge in [-0.3, -0.25) is 4.79 Å².